The highest BCUT2D eigenvalue weighted by atomic mass is 16.3. The molecule has 1 aliphatic heterocycles. The van der Waals surface area contributed by atoms with Crippen LogP contribution in [0.2, 0.25) is 0 Å². The lowest BCUT2D eigenvalue weighted by Crippen LogP contribution is -2.39. The molecule has 20 heavy (non-hydrogen) atoms. The Labute approximate surface area is 120 Å². The van der Waals surface area contributed by atoms with E-state index in [9.17, 15) is 9.90 Å². The normalized spacial score (nSPS) is 19.8. The zero-order valence-corrected chi connectivity index (χ0v) is 11.8. The van der Waals surface area contributed by atoms with Crippen LogP contribution in [-0.4, -0.2) is 36.8 Å². The fraction of sp³-hybridized carbons (Fsp3) is 0.562. The third kappa shape index (κ3) is 4.94. The smallest absolute Gasteiger partial charge is 0.220 e. The maximum Gasteiger partial charge on any atom is 0.220 e. The molecule has 0 aromatic heterocycles. The van der Waals surface area contributed by atoms with Crippen molar-refractivity contribution in [1.29, 1.82) is 0 Å². The summed E-state index contributed by atoms with van der Waals surface area (Å²) in [5.41, 5.74) is 1.13. The first-order chi connectivity index (χ1) is 9.78. The molecular formula is C16H24N2O2. The predicted octanol–water partition coefficient (Wildman–Crippen LogP) is 1.10. The Morgan fingerprint density at radius 1 is 1.40 bits per heavy atom. The summed E-state index contributed by atoms with van der Waals surface area (Å²) in [5.74, 6) is 0.675. The first-order valence-electron chi connectivity index (χ1n) is 7.43. The highest BCUT2D eigenvalue weighted by Gasteiger charge is 2.17. The van der Waals surface area contributed by atoms with Crippen molar-refractivity contribution >= 4 is 5.91 Å². The second-order valence-electron chi connectivity index (χ2n) is 5.53. The lowest BCUT2D eigenvalue weighted by Gasteiger charge is -2.17. The van der Waals surface area contributed by atoms with Crippen LogP contribution in [0, 0.1) is 5.92 Å². The predicted molar refractivity (Wildman–Crippen MR) is 79.4 cm³/mol. The van der Waals surface area contributed by atoms with E-state index in [1.54, 1.807) is 0 Å². The van der Waals surface area contributed by atoms with Crippen LogP contribution < -0.4 is 10.6 Å². The molecule has 0 bridgehead atoms. The molecule has 0 saturated carbocycles. The zero-order chi connectivity index (χ0) is 14.2. The number of benzene rings is 1. The molecule has 2 atom stereocenters. The van der Waals surface area contributed by atoms with Gasteiger partial charge in [0.15, 0.2) is 0 Å². The molecule has 1 heterocycles. The van der Waals surface area contributed by atoms with E-state index in [0.717, 1.165) is 25.1 Å². The first kappa shape index (κ1) is 15.0. The maximum absolute atomic E-state index is 11.9. The fourth-order valence-electron chi connectivity index (χ4n) is 2.66. The van der Waals surface area contributed by atoms with Crippen molar-refractivity contribution < 1.29 is 9.90 Å². The van der Waals surface area contributed by atoms with Crippen LogP contribution in [-0.2, 0) is 11.2 Å². The molecule has 4 heteroatoms. The second kappa shape index (κ2) is 8.02. The lowest BCUT2D eigenvalue weighted by molar-refractivity contribution is -0.122. The molecule has 2 rings (SSSR count). The summed E-state index contributed by atoms with van der Waals surface area (Å²) in [5, 5.41) is 15.6. The molecule has 0 radical (unpaired) electrons. The first-order valence-corrected chi connectivity index (χ1v) is 7.43. The van der Waals surface area contributed by atoms with E-state index in [1.165, 1.54) is 6.42 Å². The highest BCUT2D eigenvalue weighted by Crippen LogP contribution is 2.14. The number of rotatable bonds is 7. The molecule has 1 aliphatic rings. The highest BCUT2D eigenvalue weighted by molar-refractivity contribution is 5.76. The van der Waals surface area contributed by atoms with E-state index in [-0.39, 0.29) is 18.6 Å². The van der Waals surface area contributed by atoms with Gasteiger partial charge in [-0.2, -0.15) is 0 Å². The fourth-order valence-corrected chi connectivity index (χ4v) is 2.66. The largest absolute Gasteiger partial charge is 0.394 e. The zero-order valence-electron chi connectivity index (χ0n) is 11.8. The number of aliphatic hydroxyl groups excluding tert-OH is 1. The molecule has 1 unspecified atom stereocenters. The summed E-state index contributed by atoms with van der Waals surface area (Å²) in [6.07, 6.45) is 3.33. The molecule has 4 nitrogen and oxygen atoms in total. The summed E-state index contributed by atoms with van der Waals surface area (Å²) in [6, 6.07) is 9.74. The van der Waals surface area contributed by atoms with E-state index < -0.39 is 0 Å². The van der Waals surface area contributed by atoms with Gasteiger partial charge in [0.05, 0.1) is 12.6 Å². The molecule has 1 saturated heterocycles. The molecule has 1 amide bonds. The molecule has 1 aromatic carbocycles. The van der Waals surface area contributed by atoms with Crippen molar-refractivity contribution in [3.05, 3.63) is 35.9 Å². The van der Waals surface area contributed by atoms with Gasteiger partial charge in [0.2, 0.25) is 5.91 Å². The standard InChI is InChI=1S/C16H24N2O2/c19-12-15(10-13-4-2-1-3-5-13)18-16(20)7-6-14-8-9-17-11-14/h1-5,14-15,17,19H,6-12H2,(H,18,20)/t14?,15-/m1/s1. The Kier molecular flexibility index (Phi) is 6.02. The van der Waals surface area contributed by atoms with Crippen molar-refractivity contribution in [2.24, 2.45) is 5.92 Å². The molecular weight excluding hydrogens is 252 g/mol. The number of aliphatic hydroxyl groups is 1. The number of carbonyl (C=O) groups is 1. The number of hydrogen-bond donors (Lipinski definition) is 3. The number of nitrogens with one attached hydrogen (secondary N) is 2. The summed E-state index contributed by atoms with van der Waals surface area (Å²) in [6.45, 7) is 2.08. The topological polar surface area (TPSA) is 61.4 Å². The van der Waals surface area contributed by atoms with Gasteiger partial charge < -0.3 is 15.7 Å². The van der Waals surface area contributed by atoms with Crippen LogP contribution in [0.5, 0.6) is 0 Å². The minimum Gasteiger partial charge on any atom is -0.394 e. The second-order valence-corrected chi connectivity index (χ2v) is 5.53. The van der Waals surface area contributed by atoms with Crippen molar-refractivity contribution in [1.82, 2.24) is 10.6 Å². The Balaban J connectivity index is 1.72. The van der Waals surface area contributed by atoms with E-state index in [2.05, 4.69) is 10.6 Å². The van der Waals surface area contributed by atoms with Crippen LogP contribution in [0.3, 0.4) is 0 Å². The summed E-state index contributed by atoms with van der Waals surface area (Å²) in [7, 11) is 0. The van der Waals surface area contributed by atoms with Gasteiger partial charge in [-0.05, 0) is 43.8 Å². The number of hydrogen-bond acceptors (Lipinski definition) is 3. The van der Waals surface area contributed by atoms with Gasteiger partial charge in [-0.3, -0.25) is 4.79 Å². The number of carbonyl (C=O) groups excluding carboxylic acids is 1. The van der Waals surface area contributed by atoms with Gasteiger partial charge in [-0.1, -0.05) is 30.3 Å². The molecule has 1 fully saturated rings. The Bertz CT molecular complexity index is 402. The number of amides is 1. The van der Waals surface area contributed by atoms with E-state index >= 15 is 0 Å². The van der Waals surface area contributed by atoms with Crippen molar-refractivity contribution in [3.63, 3.8) is 0 Å². The van der Waals surface area contributed by atoms with Crippen molar-refractivity contribution in [2.45, 2.75) is 31.7 Å². The molecule has 1 aromatic rings. The monoisotopic (exact) mass is 276 g/mol. The van der Waals surface area contributed by atoms with Crippen LogP contribution in [0.25, 0.3) is 0 Å². The Morgan fingerprint density at radius 2 is 2.20 bits per heavy atom. The van der Waals surface area contributed by atoms with Gasteiger partial charge in [0, 0.05) is 6.42 Å². The average Bonchev–Trinajstić information content (AvgIpc) is 2.99. The van der Waals surface area contributed by atoms with Gasteiger partial charge in [-0.15, -0.1) is 0 Å². The van der Waals surface area contributed by atoms with Crippen molar-refractivity contribution in [3.8, 4) is 0 Å². The van der Waals surface area contributed by atoms with Gasteiger partial charge in [-0.25, -0.2) is 0 Å². The minimum absolute atomic E-state index is 0.0222. The van der Waals surface area contributed by atoms with Gasteiger partial charge in [0.25, 0.3) is 0 Å². The molecule has 110 valence electrons. The van der Waals surface area contributed by atoms with E-state index in [1.807, 2.05) is 30.3 Å². The third-order valence-corrected chi connectivity index (χ3v) is 3.85. The summed E-state index contributed by atoms with van der Waals surface area (Å²) < 4.78 is 0. The molecule has 0 spiro atoms. The Morgan fingerprint density at radius 3 is 2.85 bits per heavy atom. The molecule has 0 aliphatic carbocycles. The van der Waals surface area contributed by atoms with Crippen LogP contribution in [0.4, 0.5) is 0 Å². The summed E-state index contributed by atoms with van der Waals surface area (Å²) >= 11 is 0. The van der Waals surface area contributed by atoms with Crippen LogP contribution in [0.15, 0.2) is 30.3 Å². The van der Waals surface area contributed by atoms with Gasteiger partial charge in [0.1, 0.15) is 0 Å². The quantitative estimate of drug-likeness (QED) is 0.699. The van der Waals surface area contributed by atoms with Crippen LogP contribution >= 0.6 is 0 Å². The van der Waals surface area contributed by atoms with Crippen molar-refractivity contribution in [2.75, 3.05) is 19.7 Å². The molecule has 3 N–H and O–H groups in total. The average molecular weight is 276 g/mol. The minimum atomic E-state index is -0.188. The Hall–Kier alpha value is -1.39. The van der Waals surface area contributed by atoms with Gasteiger partial charge >= 0.3 is 0 Å². The maximum atomic E-state index is 11.9. The summed E-state index contributed by atoms with van der Waals surface area (Å²) in [4.78, 5) is 11.9. The van der Waals surface area contributed by atoms with Crippen LogP contribution in [0.1, 0.15) is 24.8 Å². The van der Waals surface area contributed by atoms with E-state index in [0.29, 0.717) is 18.8 Å². The third-order valence-electron chi connectivity index (χ3n) is 3.85. The van der Waals surface area contributed by atoms with E-state index in [4.69, 9.17) is 0 Å². The SMILES string of the molecule is O=C(CCC1CCNC1)N[C@@H](CO)Cc1ccccc1. The lowest BCUT2D eigenvalue weighted by atomic mass is 10.0.